The van der Waals surface area contributed by atoms with E-state index in [9.17, 15) is 14.4 Å². The molecule has 23 heavy (non-hydrogen) atoms. The molecule has 6 nitrogen and oxygen atoms in total. The largest absolute Gasteiger partial charge is 0.324 e. The van der Waals surface area contributed by atoms with E-state index in [0.717, 1.165) is 20.9 Å². The van der Waals surface area contributed by atoms with Gasteiger partial charge in [-0.3, -0.25) is 19.8 Å². The minimum Gasteiger partial charge on any atom is -0.318 e. The van der Waals surface area contributed by atoms with Crippen LogP contribution in [0.1, 0.15) is 10.4 Å². The fourth-order valence-corrected chi connectivity index (χ4v) is 4.24. The number of amides is 4. The van der Waals surface area contributed by atoms with Crippen LogP contribution in [0.25, 0.3) is 10.8 Å². The third-order valence-corrected chi connectivity index (χ3v) is 5.59. The van der Waals surface area contributed by atoms with Gasteiger partial charge in [-0.1, -0.05) is 28.1 Å². The second-order valence-corrected chi connectivity index (χ2v) is 6.94. The Morgan fingerprint density at radius 3 is 2.61 bits per heavy atom. The third kappa shape index (κ3) is 1.37. The van der Waals surface area contributed by atoms with Gasteiger partial charge in [0.2, 0.25) is 0 Å². The van der Waals surface area contributed by atoms with Crippen molar-refractivity contribution < 1.29 is 14.4 Å². The van der Waals surface area contributed by atoms with E-state index in [0.29, 0.717) is 5.56 Å². The quantitative estimate of drug-likeness (QED) is 0.831. The number of imide groups is 1. The molecule has 114 valence electrons. The fourth-order valence-electron chi connectivity index (χ4n) is 3.78. The summed E-state index contributed by atoms with van der Waals surface area (Å²) in [6.45, 7) is 0.490. The van der Waals surface area contributed by atoms with Gasteiger partial charge >= 0.3 is 6.03 Å². The lowest BCUT2D eigenvalue weighted by Crippen LogP contribution is -2.83. The van der Waals surface area contributed by atoms with E-state index in [1.165, 1.54) is 4.90 Å². The van der Waals surface area contributed by atoms with Gasteiger partial charge in [0.1, 0.15) is 0 Å². The summed E-state index contributed by atoms with van der Waals surface area (Å²) in [6, 6.07) is 8.90. The van der Waals surface area contributed by atoms with E-state index in [4.69, 9.17) is 0 Å². The maximum atomic E-state index is 13.0. The van der Waals surface area contributed by atoms with Crippen molar-refractivity contribution in [2.75, 3.05) is 18.0 Å². The molecule has 7 heteroatoms. The number of halogens is 1. The van der Waals surface area contributed by atoms with Crippen molar-refractivity contribution in [3.05, 3.63) is 40.4 Å². The molecule has 3 fully saturated rings. The zero-order chi connectivity index (χ0) is 15.9. The summed E-state index contributed by atoms with van der Waals surface area (Å²) < 4.78 is 0.906. The summed E-state index contributed by atoms with van der Waals surface area (Å²) in [5, 5.41) is 4.12. The van der Waals surface area contributed by atoms with Crippen LogP contribution in [0.15, 0.2) is 34.8 Å². The molecule has 0 aliphatic carbocycles. The Hall–Kier alpha value is -2.41. The minimum atomic E-state index is -0.995. The molecule has 1 N–H and O–H groups in total. The van der Waals surface area contributed by atoms with E-state index in [1.54, 1.807) is 11.0 Å². The first-order valence-corrected chi connectivity index (χ1v) is 7.98. The van der Waals surface area contributed by atoms with Gasteiger partial charge in [-0.15, -0.1) is 0 Å². The van der Waals surface area contributed by atoms with Crippen LogP contribution < -0.4 is 10.2 Å². The molecule has 0 saturated carbocycles. The van der Waals surface area contributed by atoms with Crippen LogP contribution in [0.3, 0.4) is 0 Å². The van der Waals surface area contributed by atoms with Gasteiger partial charge in [0.05, 0.1) is 18.8 Å². The molecule has 6 rings (SSSR count). The van der Waals surface area contributed by atoms with Crippen molar-refractivity contribution in [3.8, 4) is 0 Å². The van der Waals surface area contributed by atoms with Gasteiger partial charge in [0.25, 0.3) is 11.8 Å². The number of urea groups is 1. The standard InChI is InChI=1S/C16H10BrN3O3/c17-10-4-5-11-12-8(10)2-1-3-9(12)13(21)20(11)16-6-19(7-16)15(23)18-14(16)22/h1-5H,6-7H2,(H,18,22,23). The van der Waals surface area contributed by atoms with Crippen LogP contribution in [0.4, 0.5) is 10.5 Å². The highest BCUT2D eigenvalue weighted by Gasteiger charge is 2.62. The molecule has 2 aromatic carbocycles. The predicted molar refractivity (Wildman–Crippen MR) is 86.3 cm³/mol. The lowest BCUT2D eigenvalue weighted by Gasteiger charge is -2.56. The molecule has 0 spiro atoms. The summed E-state index contributed by atoms with van der Waals surface area (Å²) in [4.78, 5) is 40.2. The first-order valence-electron chi connectivity index (χ1n) is 7.19. The van der Waals surface area contributed by atoms with E-state index in [2.05, 4.69) is 21.2 Å². The predicted octanol–water partition coefficient (Wildman–Crippen LogP) is 1.87. The smallest absolute Gasteiger partial charge is 0.318 e. The second-order valence-electron chi connectivity index (χ2n) is 6.08. The average Bonchev–Trinajstić information content (AvgIpc) is 2.77. The number of nitrogens with one attached hydrogen (secondary N) is 1. The Morgan fingerprint density at radius 2 is 1.87 bits per heavy atom. The third-order valence-electron chi connectivity index (χ3n) is 4.90. The van der Waals surface area contributed by atoms with Gasteiger partial charge in [0.15, 0.2) is 5.54 Å². The van der Waals surface area contributed by atoms with Crippen LogP contribution in [0, 0.1) is 0 Å². The van der Waals surface area contributed by atoms with Crippen LogP contribution in [-0.2, 0) is 4.79 Å². The summed E-state index contributed by atoms with van der Waals surface area (Å²) in [5.74, 6) is -0.588. The number of benzene rings is 2. The van der Waals surface area contributed by atoms with Crippen LogP contribution in [0.2, 0.25) is 0 Å². The van der Waals surface area contributed by atoms with Crippen LogP contribution in [0.5, 0.6) is 0 Å². The monoisotopic (exact) mass is 371 g/mol. The van der Waals surface area contributed by atoms with Gasteiger partial charge in [-0.25, -0.2) is 4.79 Å². The minimum absolute atomic E-state index is 0.187. The Morgan fingerprint density at radius 1 is 1.09 bits per heavy atom. The van der Waals surface area contributed by atoms with Gasteiger partial charge in [-0.2, -0.15) is 0 Å². The molecular formula is C16H10BrN3O3. The number of fused-ring (bicyclic) bond motifs is 2. The van der Waals surface area contributed by atoms with E-state index >= 15 is 0 Å². The molecule has 3 saturated heterocycles. The summed E-state index contributed by atoms with van der Waals surface area (Å²) in [5.41, 5.74) is 0.328. The van der Waals surface area contributed by atoms with Crippen molar-refractivity contribution in [2.24, 2.45) is 0 Å². The lowest BCUT2D eigenvalue weighted by molar-refractivity contribution is -0.133. The molecule has 2 aromatic rings. The highest BCUT2D eigenvalue weighted by Crippen LogP contribution is 2.46. The maximum Gasteiger partial charge on any atom is 0.324 e. The van der Waals surface area contributed by atoms with Gasteiger partial charge in [0, 0.05) is 15.4 Å². The topological polar surface area (TPSA) is 69.7 Å². The van der Waals surface area contributed by atoms with Crippen molar-refractivity contribution in [3.63, 3.8) is 0 Å². The molecular weight excluding hydrogens is 362 g/mol. The number of anilines is 1. The second kappa shape index (κ2) is 3.91. The Kier molecular flexibility index (Phi) is 2.22. The van der Waals surface area contributed by atoms with E-state index in [1.807, 2.05) is 24.3 Å². The molecule has 0 atom stereocenters. The van der Waals surface area contributed by atoms with Crippen molar-refractivity contribution in [2.45, 2.75) is 5.54 Å². The number of hydrogen-bond acceptors (Lipinski definition) is 3. The first kappa shape index (κ1) is 13.1. The van der Waals surface area contributed by atoms with E-state index < -0.39 is 11.4 Å². The lowest BCUT2D eigenvalue weighted by atomic mass is 9.84. The molecule has 4 aliphatic rings. The van der Waals surface area contributed by atoms with Crippen molar-refractivity contribution in [1.82, 2.24) is 10.2 Å². The zero-order valence-corrected chi connectivity index (χ0v) is 13.4. The van der Waals surface area contributed by atoms with Crippen LogP contribution in [-0.4, -0.2) is 41.4 Å². The average molecular weight is 372 g/mol. The number of hydrogen-bond donors (Lipinski definition) is 1. The van der Waals surface area contributed by atoms with Crippen molar-refractivity contribution in [1.29, 1.82) is 0 Å². The Labute approximate surface area is 139 Å². The molecule has 0 aromatic heterocycles. The fraction of sp³-hybridized carbons (Fsp3) is 0.188. The molecule has 4 amide bonds. The molecule has 0 radical (unpaired) electrons. The summed E-state index contributed by atoms with van der Waals surface area (Å²) in [7, 11) is 0. The first-order chi connectivity index (χ1) is 11.0. The number of nitrogens with zero attached hydrogens (tertiary/aromatic N) is 2. The SMILES string of the molecule is O=C1NC(=O)C2(N3C(=O)c4cccc5c(Br)ccc3c45)CN1C2. The number of rotatable bonds is 1. The molecule has 0 unspecified atom stereocenters. The highest BCUT2D eigenvalue weighted by molar-refractivity contribution is 9.10. The molecule has 4 heterocycles. The Balaban J connectivity index is 1.74. The molecule has 4 aliphatic heterocycles. The number of carbonyl (C=O) groups is 3. The van der Waals surface area contributed by atoms with Crippen molar-refractivity contribution >= 4 is 50.2 Å². The van der Waals surface area contributed by atoms with Gasteiger partial charge < -0.3 is 4.90 Å². The Bertz CT molecular complexity index is 949. The number of carbonyl (C=O) groups excluding carboxylic acids is 3. The molecule has 2 bridgehead atoms. The zero-order valence-electron chi connectivity index (χ0n) is 11.8. The highest BCUT2D eigenvalue weighted by atomic mass is 79.9. The normalized spacial score (nSPS) is 20.8. The van der Waals surface area contributed by atoms with E-state index in [-0.39, 0.29) is 25.0 Å². The van der Waals surface area contributed by atoms with Gasteiger partial charge in [-0.05, 0) is 23.6 Å². The van der Waals surface area contributed by atoms with Crippen LogP contribution >= 0.6 is 15.9 Å². The maximum absolute atomic E-state index is 13.0. The summed E-state index contributed by atoms with van der Waals surface area (Å²) in [6.07, 6.45) is 0. The summed E-state index contributed by atoms with van der Waals surface area (Å²) >= 11 is 3.51.